The quantitative estimate of drug-likeness (QED) is 0.493. The van der Waals surface area contributed by atoms with E-state index in [1.807, 2.05) is 20.0 Å². The maximum absolute atomic E-state index is 4.65. The molecule has 5 rings (SSSR count). The Morgan fingerprint density at radius 1 is 1.12 bits per heavy atom. The van der Waals surface area contributed by atoms with Gasteiger partial charge in [-0.1, -0.05) is 76.5 Å². The Balaban J connectivity index is 0.000000284. The number of hydrogen-bond acceptors (Lipinski definition) is 1. The van der Waals surface area contributed by atoms with Gasteiger partial charge in [0.15, 0.2) is 0 Å². The van der Waals surface area contributed by atoms with Crippen LogP contribution in [0.15, 0.2) is 54.4 Å². The predicted octanol–water partition coefficient (Wildman–Crippen LogP) is 6.57. The molecule has 0 amide bonds. The van der Waals surface area contributed by atoms with Crippen LogP contribution in [0.4, 0.5) is 0 Å². The molecule has 1 saturated carbocycles. The molecule has 26 heavy (non-hydrogen) atoms. The topological polar surface area (TPSA) is 17.8 Å². The Morgan fingerprint density at radius 2 is 1.77 bits per heavy atom. The van der Waals surface area contributed by atoms with Crippen molar-refractivity contribution in [2.75, 3.05) is 0 Å². The zero-order chi connectivity index (χ0) is 18.9. The molecular formula is C24H32N2. The van der Waals surface area contributed by atoms with Gasteiger partial charge in [0.1, 0.15) is 5.82 Å². The molecule has 2 aromatic rings. The third kappa shape index (κ3) is 3.18. The second kappa shape index (κ2) is 7.26. The zero-order valence-electron chi connectivity index (χ0n) is 17.1. The van der Waals surface area contributed by atoms with Crippen molar-refractivity contribution >= 4 is 5.57 Å². The van der Waals surface area contributed by atoms with Crippen LogP contribution >= 0.6 is 0 Å². The Bertz CT molecular complexity index is 835. The number of aromatic nitrogens is 2. The van der Waals surface area contributed by atoms with E-state index in [4.69, 9.17) is 0 Å². The molecule has 1 aromatic carbocycles. The zero-order valence-corrected chi connectivity index (χ0v) is 17.1. The Morgan fingerprint density at radius 3 is 2.42 bits per heavy atom. The van der Waals surface area contributed by atoms with E-state index < -0.39 is 0 Å². The molecule has 2 heterocycles. The Labute approximate surface area is 158 Å². The summed E-state index contributed by atoms with van der Waals surface area (Å²) in [6.07, 6.45) is 11.7. The van der Waals surface area contributed by atoms with Crippen molar-refractivity contribution in [3.63, 3.8) is 0 Å². The molecule has 2 unspecified atom stereocenters. The molecular weight excluding hydrogens is 316 g/mol. The molecule has 138 valence electrons. The van der Waals surface area contributed by atoms with Crippen LogP contribution in [0.1, 0.15) is 65.8 Å². The Kier molecular flexibility index (Phi) is 5.22. The smallest absolute Gasteiger partial charge is 0.127 e. The molecule has 2 aliphatic carbocycles. The highest BCUT2D eigenvalue weighted by Gasteiger charge is 2.41. The molecule has 1 aromatic heterocycles. The summed E-state index contributed by atoms with van der Waals surface area (Å²) in [5, 5.41) is 0. The predicted molar refractivity (Wildman–Crippen MR) is 112 cm³/mol. The van der Waals surface area contributed by atoms with Crippen LogP contribution in [0.3, 0.4) is 0 Å². The Hall–Kier alpha value is -2.09. The van der Waals surface area contributed by atoms with Crippen LogP contribution in [0.5, 0.6) is 0 Å². The van der Waals surface area contributed by atoms with E-state index in [1.165, 1.54) is 35.2 Å². The largest absolute Gasteiger partial charge is 0.302 e. The number of imidazole rings is 1. The van der Waals surface area contributed by atoms with Gasteiger partial charge in [-0.15, -0.1) is 0 Å². The summed E-state index contributed by atoms with van der Waals surface area (Å²) in [6.45, 7) is 13.0. The fourth-order valence-electron chi connectivity index (χ4n) is 3.73. The van der Waals surface area contributed by atoms with Gasteiger partial charge >= 0.3 is 0 Å². The van der Waals surface area contributed by atoms with Crippen LogP contribution in [0, 0.1) is 11.8 Å². The molecule has 0 saturated heterocycles. The van der Waals surface area contributed by atoms with E-state index in [9.17, 15) is 0 Å². The van der Waals surface area contributed by atoms with Crippen LogP contribution in [-0.4, -0.2) is 9.55 Å². The second-order valence-corrected chi connectivity index (χ2v) is 7.78. The summed E-state index contributed by atoms with van der Waals surface area (Å²) >= 11 is 0. The number of benzene rings is 1. The molecule has 0 bridgehead atoms. The molecule has 0 radical (unpaired) electrons. The molecule has 2 atom stereocenters. The summed E-state index contributed by atoms with van der Waals surface area (Å²) in [7, 11) is 0. The van der Waals surface area contributed by atoms with Crippen molar-refractivity contribution in [3.05, 3.63) is 65.8 Å². The van der Waals surface area contributed by atoms with Crippen LogP contribution in [-0.2, 0) is 5.41 Å². The third-order valence-electron chi connectivity index (χ3n) is 5.64. The van der Waals surface area contributed by atoms with Crippen molar-refractivity contribution < 1.29 is 0 Å². The van der Waals surface area contributed by atoms with Crippen molar-refractivity contribution in [2.45, 2.75) is 59.8 Å². The first kappa shape index (κ1) is 18.7. The van der Waals surface area contributed by atoms with Gasteiger partial charge in [0.2, 0.25) is 0 Å². The summed E-state index contributed by atoms with van der Waals surface area (Å²) in [4.78, 5) is 4.65. The lowest BCUT2D eigenvalue weighted by Gasteiger charge is -2.39. The first-order valence-corrected chi connectivity index (χ1v) is 10.1. The summed E-state index contributed by atoms with van der Waals surface area (Å²) in [5.41, 5.74) is 5.27. The normalized spacial score (nSPS) is 25.1. The van der Waals surface area contributed by atoms with Gasteiger partial charge in [0.25, 0.3) is 0 Å². The van der Waals surface area contributed by atoms with Gasteiger partial charge in [-0.2, -0.15) is 0 Å². The highest BCUT2D eigenvalue weighted by Crippen LogP contribution is 2.49. The van der Waals surface area contributed by atoms with E-state index in [0.29, 0.717) is 5.92 Å². The molecule has 3 aliphatic rings. The van der Waals surface area contributed by atoms with Gasteiger partial charge in [-0.25, -0.2) is 4.98 Å². The standard InChI is InChI=1S/C18H18N2.C4H8.C2H6/c1-12-10-15-14-6-4-5-7-16(14)20-9-8-19-17(20)18(15,3)11-13(12)2;1-4-2-3-4;1-2/h4-12H,1-3H3;4H,2-3H2,1H3;1-2H3. The molecule has 1 fully saturated rings. The summed E-state index contributed by atoms with van der Waals surface area (Å²) in [6, 6.07) is 8.62. The minimum absolute atomic E-state index is 0.117. The van der Waals surface area contributed by atoms with Gasteiger partial charge < -0.3 is 4.57 Å². The van der Waals surface area contributed by atoms with Crippen LogP contribution in [0.25, 0.3) is 11.3 Å². The van der Waals surface area contributed by atoms with Gasteiger partial charge in [0, 0.05) is 18.0 Å². The van der Waals surface area contributed by atoms with E-state index >= 15 is 0 Å². The molecule has 0 N–H and O–H groups in total. The number of hydrogen-bond donors (Lipinski definition) is 0. The van der Waals surface area contributed by atoms with Crippen molar-refractivity contribution in [3.8, 4) is 5.69 Å². The maximum Gasteiger partial charge on any atom is 0.127 e. The van der Waals surface area contributed by atoms with Crippen LogP contribution < -0.4 is 0 Å². The van der Waals surface area contributed by atoms with Crippen LogP contribution in [0.2, 0.25) is 0 Å². The lowest BCUT2D eigenvalue weighted by molar-refractivity contribution is 0.635. The lowest BCUT2D eigenvalue weighted by atomic mass is 9.69. The molecule has 1 aliphatic heterocycles. The summed E-state index contributed by atoms with van der Waals surface area (Å²) < 4.78 is 2.23. The number of rotatable bonds is 0. The average Bonchev–Trinajstić information content (AvgIpc) is 3.26. The van der Waals surface area contributed by atoms with Crippen molar-refractivity contribution in [2.24, 2.45) is 11.8 Å². The fourth-order valence-corrected chi connectivity index (χ4v) is 3.73. The number of fused-ring (bicyclic) bond motifs is 6. The van der Waals surface area contributed by atoms with E-state index in [2.05, 4.69) is 79.9 Å². The first-order valence-electron chi connectivity index (χ1n) is 10.1. The van der Waals surface area contributed by atoms with E-state index in [0.717, 1.165) is 11.7 Å². The molecule has 2 nitrogen and oxygen atoms in total. The minimum atomic E-state index is -0.117. The lowest BCUT2D eigenvalue weighted by Crippen LogP contribution is -2.33. The van der Waals surface area contributed by atoms with Gasteiger partial charge in [-0.05, 0) is 37.3 Å². The minimum Gasteiger partial charge on any atom is -0.302 e. The molecule has 2 heteroatoms. The first-order chi connectivity index (χ1) is 12.5. The second-order valence-electron chi connectivity index (χ2n) is 7.78. The summed E-state index contributed by atoms with van der Waals surface area (Å²) in [5.74, 6) is 2.70. The average molecular weight is 349 g/mol. The fraction of sp³-hybridized carbons (Fsp3) is 0.458. The number of allylic oxidation sites excluding steroid dienone is 4. The monoisotopic (exact) mass is 348 g/mol. The maximum atomic E-state index is 4.65. The van der Waals surface area contributed by atoms with E-state index in [1.54, 1.807) is 0 Å². The number of para-hydroxylation sites is 1. The van der Waals surface area contributed by atoms with E-state index in [-0.39, 0.29) is 5.41 Å². The van der Waals surface area contributed by atoms with Gasteiger partial charge in [-0.3, -0.25) is 0 Å². The number of nitrogens with zero attached hydrogens (tertiary/aromatic N) is 2. The molecule has 0 spiro atoms. The third-order valence-corrected chi connectivity index (χ3v) is 5.64. The van der Waals surface area contributed by atoms with Crippen molar-refractivity contribution in [1.82, 2.24) is 9.55 Å². The van der Waals surface area contributed by atoms with Crippen molar-refractivity contribution in [1.29, 1.82) is 0 Å². The highest BCUT2D eigenvalue weighted by atomic mass is 15.1. The van der Waals surface area contributed by atoms with Gasteiger partial charge in [0.05, 0.1) is 11.1 Å². The SMILES string of the molecule is CC.CC1=CC2(C)C(=CC1C)c1ccccc1-n1ccnc12.CC1CC1. The highest BCUT2D eigenvalue weighted by molar-refractivity contribution is 5.85.